The summed E-state index contributed by atoms with van der Waals surface area (Å²) < 4.78 is 41.3. The molecule has 2 aromatic rings. The second-order valence-corrected chi connectivity index (χ2v) is 8.70. The van der Waals surface area contributed by atoms with Crippen molar-refractivity contribution >= 4 is 23.3 Å². The average Bonchev–Trinajstić information content (AvgIpc) is 3.34. The van der Waals surface area contributed by atoms with Crippen LogP contribution in [0.4, 0.5) is 23.7 Å². The number of carbonyl (C=O) groups excluding carboxylic acids is 1. The number of alkyl halides is 3. The topological polar surface area (TPSA) is 67.4 Å². The van der Waals surface area contributed by atoms with E-state index in [0.717, 1.165) is 18.9 Å². The van der Waals surface area contributed by atoms with Gasteiger partial charge in [-0.3, -0.25) is 4.90 Å². The zero-order valence-corrected chi connectivity index (χ0v) is 17.2. The van der Waals surface area contributed by atoms with E-state index in [2.05, 4.69) is 5.10 Å². The number of amides is 1. The molecule has 2 N–H and O–H groups in total. The van der Waals surface area contributed by atoms with Crippen molar-refractivity contribution in [2.75, 3.05) is 25.9 Å². The molecule has 2 atom stereocenters. The van der Waals surface area contributed by atoms with Crippen molar-refractivity contribution in [1.82, 2.24) is 19.6 Å². The first-order chi connectivity index (χ1) is 14.1. The molecule has 0 bridgehead atoms. The maximum absolute atomic E-state index is 13.3. The van der Waals surface area contributed by atoms with E-state index in [9.17, 15) is 18.0 Å². The minimum atomic E-state index is -4.41. The molecule has 0 spiro atoms. The molecule has 1 aliphatic carbocycles. The summed E-state index contributed by atoms with van der Waals surface area (Å²) in [4.78, 5) is 16.3. The Balaban J connectivity index is 1.39. The first-order valence-corrected chi connectivity index (χ1v) is 10.1. The SMILES string of the molecule is CN(Cc1cc(Cl)ccc1C(F)(F)F)C1CC2CN(C(=O)n3cc(N)cn3)CC2C1. The van der Waals surface area contributed by atoms with E-state index in [4.69, 9.17) is 17.3 Å². The van der Waals surface area contributed by atoms with Crippen LogP contribution in [0.25, 0.3) is 0 Å². The Morgan fingerprint density at radius 3 is 2.53 bits per heavy atom. The van der Waals surface area contributed by atoms with Crippen LogP contribution in [-0.4, -0.2) is 51.8 Å². The van der Waals surface area contributed by atoms with Crippen LogP contribution in [0.3, 0.4) is 0 Å². The number of benzene rings is 1. The first kappa shape index (κ1) is 21.0. The van der Waals surface area contributed by atoms with Crippen molar-refractivity contribution in [2.24, 2.45) is 11.8 Å². The van der Waals surface area contributed by atoms with Crippen LogP contribution in [0.5, 0.6) is 0 Å². The number of nitrogen functional groups attached to an aromatic ring is 1. The summed E-state index contributed by atoms with van der Waals surface area (Å²) in [5.41, 5.74) is 5.60. The molecule has 1 amide bonds. The number of halogens is 4. The largest absolute Gasteiger partial charge is 0.416 e. The van der Waals surface area contributed by atoms with Crippen molar-refractivity contribution < 1.29 is 18.0 Å². The van der Waals surface area contributed by atoms with E-state index in [1.54, 1.807) is 4.90 Å². The molecule has 2 unspecified atom stereocenters. The Labute approximate surface area is 177 Å². The number of aromatic nitrogens is 2. The number of nitrogens with two attached hydrogens (primary N) is 1. The van der Waals surface area contributed by atoms with Crippen molar-refractivity contribution in [3.63, 3.8) is 0 Å². The number of fused-ring (bicyclic) bond motifs is 1. The lowest BCUT2D eigenvalue weighted by Crippen LogP contribution is -2.36. The highest BCUT2D eigenvalue weighted by Gasteiger charge is 2.44. The average molecular weight is 442 g/mol. The molecule has 6 nitrogen and oxygen atoms in total. The van der Waals surface area contributed by atoms with Gasteiger partial charge in [-0.25, -0.2) is 4.79 Å². The second kappa shape index (κ2) is 7.77. The van der Waals surface area contributed by atoms with Crippen LogP contribution in [0.15, 0.2) is 30.6 Å². The number of likely N-dealkylation sites (tertiary alicyclic amines) is 1. The standard InChI is InChI=1S/C20H23ClF3N5O/c1-27(8-14-4-15(21)2-3-18(14)20(22,23)24)17-5-12-9-28(10-13(12)6-17)19(30)29-11-16(25)7-26-29/h2-4,7,11-13,17H,5-6,8-10,25H2,1H3. The number of carbonyl (C=O) groups is 1. The predicted octanol–water partition coefficient (Wildman–Crippen LogP) is 3.95. The number of hydrogen-bond donors (Lipinski definition) is 1. The van der Waals surface area contributed by atoms with Gasteiger partial charge in [-0.1, -0.05) is 11.6 Å². The fourth-order valence-electron chi connectivity index (χ4n) is 4.74. The third-order valence-electron chi connectivity index (χ3n) is 6.21. The molecular formula is C20H23ClF3N5O. The van der Waals surface area contributed by atoms with Gasteiger partial charge in [-0.2, -0.15) is 23.0 Å². The zero-order chi connectivity index (χ0) is 21.6. The Morgan fingerprint density at radius 2 is 1.97 bits per heavy atom. The molecule has 1 saturated heterocycles. The Kier molecular flexibility index (Phi) is 5.44. The lowest BCUT2D eigenvalue weighted by molar-refractivity contribution is -0.138. The van der Waals surface area contributed by atoms with Gasteiger partial charge in [0.25, 0.3) is 0 Å². The fourth-order valence-corrected chi connectivity index (χ4v) is 4.93. The maximum Gasteiger partial charge on any atom is 0.416 e. The van der Waals surface area contributed by atoms with E-state index in [-0.39, 0.29) is 24.2 Å². The number of nitrogens with zero attached hydrogens (tertiary/aromatic N) is 4. The first-order valence-electron chi connectivity index (χ1n) is 9.77. The fraction of sp³-hybridized carbons (Fsp3) is 0.500. The molecule has 4 rings (SSSR count). The van der Waals surface area contributed by atoms with E-state index >= 15 is 0 Å². The van der Waals surface area contributed by atoms with E-state index in [0.29, 0.717) is 35.6 Å². The lowest BCUT2D eigenvalue weighted by Gasteiger charge is -2.27. The third-order valence-corrected chi connectivity index (χ3v) is 6.45. The van der Waals surface area contributed by atoms with Crippen LogP contribution in [0, 0.1) is 11.8 Å². The van der Waals surface area contributed by atoms with Crippen molar-refractivity contribution in [2.45, 2.75) is 31.6 Å². The maximum atomic E-state index is 13.3. The molecule has 1 aromatic carbocycles. The van der Waals surface area contributed by atoms with Gasteiger partial charge in [0.1, 0.15) is 0 Å². The summed E-state index contributed by atoms with van der Waals surface area (Å²) >= 11 is 5.95. The highest BCUT2D eigenvalue weighted by molar-refractivity contribution is 6.30. The van der Waals surface area contributed by atoms with Gasteiger partial charge >= 0.3 is 12.2 Å². The normalized spacial score (nSPS) is 23.9. The number of hydrogen-bond acceptors (Lipinski definition) is 4. The number of rotatable bonds is 3. The van der Waals surface area contributed by atoms with Crippen LogP contribution >= 0.6 is 11.6 Å². The Morgan fingerprint density at radius 1 is 1.30 bits per heavy atom. The molecule has 0 radical (unpaired) electrons. The van der Waals surface area contributed by atoms with Crippen LogP contribution in [0.1, 0.15) is 24.0 Å². The van der Waals surface area contributed by atoms with Gasteiger partial charge in [-0.15, -0.1) is 0 Å². The van der Waals surface area contributed by atoms with Gasteiger partial charge in [0.05, 0.1) is 23.6 Å². The minimum absolute atomic E-state index is 0.165. The molecule has 2 fully saturated rings. The zero-order valence-electron chi connectivity index (χ0n) is 16.4. The van der Waals surface area contributed by atoms with Crippen LogP contribution in [-0.2, 0) is 12.7 Å². The molecule has 1 aromatic heterocycles. The van der Waals surface area contributed by atoms with E-state index in [1.165, 1.54) is 29.2 Å². The molecule has 162 valence electrons. The predicted molar refractivity (Wildman–Crippen MR) is 107 cm³/mol. The molecule has 1 saturated carbocycles. The summed E-state index contributed by atoms with van der Waals surface area (Å²) in [5, 5.41) is 4.26. The summed E-state index contributed by atoms with van der Waals surface area (Å²) in [7, 11) is 1.85. The molecule has 30 heavy (non-hydrogen) atoms. The van der Waals surface area contributed by atoms with Crippen molar-refractivity contribution in [3.8, 4) is 0 Å². The van der Waals surface area contributed by atoms with Crippen LogP contribution in [0.2, 0.25) is 5.02 Å². The molecule has 2 heterocycles. The van der Waals surface area contributed by atoms with E-state index in [1.807, 2.05) is 11.9 Å². The Bertz CT molecular complexity index is 933. The van der Waals surface area contributed by atoms with Gasteiger partial charge in [-0.05, 0) is 55.5 Å². The molecule has 2 aliphatic rings. The van der Waals surface area contributed by atoms with Gasteiger partial charge in [0.15, 0.2) is 0 Å². The highest BCUT2D eigenvalue weighted by atomic mass is 35.5. The highest BCUT2D eigenvalue weighted by Crippen LogP contribution is 2.41. The quantitative estimate of drug-likeness (QED) is 0.783. The van der Waals surface area contributed by atoms with Gasteiger partial charge in [0, 0.05) is 30.7 Å². The summed E-state index contributed by atoms with van der Waals surface area (Å²) in [6, 6.07) is 3.68. The van der Waals surface area contributed by atoms with Gasteiger partial charge in [0.2, 0.25) is 0 Å². The molecular weight excluding hydrogens is 419 g/mol. The summed E-state index contributed by atoms with van der Waals surface area (Å²) in [6.07, 6.45) is 0.201. The molecule has 10 heteroatoms. The van der Waals surface area contributed by atoms with Crippen molar-refractivity contribution in [3.05, 3.63) is 46.7 Å². The minimum Gasteiger partial charge on any atom is -0.396 e. The Hall–Kier alpha value is -2.26. The van der Waals surface area contributed by atoms with E-state index < -0.39 is 11.7 Å². The second-order valence-electron chi connectivity index (χ2n) is 8.27. The van der Waals surface area contributed by atoms with Crippen molar-refractivity contribution in [1.29, 1.82) is 0 Å². The number of anilines is 1. The smallest absolute Gasteiger partial charge is 0.396 e. The van der Waals surface area contributed by atoms with Crippen LogP contribution < -0.4 is 5.73 Å². The summed E-state index contributed by atoms with van der Waals surface area (Å²) in [5.74, 6) is 0.659. The van der Waals surface area contributed by atoms with Gasteiger partial charge < -0.3 is 10.6 Å². The molecule has 1 aliphatic heterocycles. The monoisotopic (exact) mass is 441 g/mol. The summed E-state index contributed by atoms with van der Waals surface area (Å²) in [6.45, 7) is 1.42. The lowest BCUT2D eigenvalue weighted by atomic mass is 10.0. The third kappa shape index (κ3) is 4.13.